The lowest BCUT2D eigenvalue weighted by Gasteiger charge is -2.41. The van der Waals surface area contributed by atoms with Crippen molar-refractivity contribution in [1.82, 2.24) is 10.2 Å². The maximum atomic E-state index is 14.2. The smallest absolute Gasteiger partial charge is 0.257 e. The van der Waals surface area contributed by atoms with Gasteiger partial charge < -0.3 is 10.2 Å². The van der Waals surface area contributed by atoms with Gasteiger partial charge in [0.25, 0.3) is 5.91 Å². The van der Waals surface area contributed by atoms with Crippen LogP contribution in [0, 0.1) is 18.2 Å². The van der Waals surface area contributed by atoms with Crippen LogP contribution >= 0.6 is 0 Å². The predicted molar refractivity (Wildman–Crippen MR) is 101 cm³/mol. The first-order valence-corrected chi connectivity index (χ1v) is 9.40. The molecule has 2 fully saturated rings. The van der Waals surface area contributed by atoms with Crippen LogP contribution in [-0.2, 0) is 4.79 Å². The van der Waals surface area contributed by atoms with E-state index in [0.717, 1.165) is 5.56 Å². The third-order valence-corrected chi connectivity index (χ3v) is 6.17. The number of rotatable bonds is 2. The number of benzene rings is 2. The van der Waals surface area contributed by atoms with E-state index in [1.165, 1.54) is 6.07 Å². The summed E-state index contributed by atoms with van der Waals surface area (Å²) in [5.41, 5.74) is 1.45. The molecule has 0 bridgehead atoms. The number of likely N-dealkylation sites (tertiary alicyclic amines) is 1. The Hall–Kier alpha value is -2.69. The van der Waals surface area contributed by atoms with Gasteiger partial charge in [0.1, 0.15) is 5.82 Å². The highest BCUT2D eigenvalue weighted by molar-refractivity contribution is 5.96. The van der Waals surface area contributed by atoms with E-state index in [0.29, 0.717) is 38.0 Å². The standard InChI is InChI=1S/C22H23FN2O2/c1-15-6-5-9-18(23)19(15)20(26)25-12-10-22(11-13-25)17(14-24-21(22)27)16-7-3-2-4-8-16/h2-9,17H,10-14H2,1H3,(H,24,27). The maximum absolute atomic E-state index is 14.2. The molecule has 1 atom stereocenters. The fourth-order valence-corrected chi connectivity index (χ4v) is 4.59. The van der Waals surface area contributed by atoms with Crippen molar-refractivity contribution in [3.05, 3.63) is 71.0 Å². The minimum absolute atomic E-state index is 0.0746. The molecule has 4 rings (SSSR count). The molecule has 2 heterocycles. The molecule has 140 valence electrons. The average Bonchev–Trinajstić information content (AvgIpc) is 2.99. The molecule has 5 heteroatoms. The van der Waals surface area contributed by atoms with Gasteiger partial charge in [-0.25, -0.2) is 4.39 Å². The van der Waals surface area contributed by atoms with Crippen LogP contribution in [0.3, 0.4) is 0 Å². The van der Waals surface area contributed by atoms with Gasteiger partial charge in [0.15, 0.2) is 0 Å². The largest absolute Gasteiger partial charge is 0.355 e. The summed E-state index contributed by atoms with van der Waals surface area (Å²) in [5.74, 6) is -0.583. The minimum atomic E-state index is -0.485. The first-order chi connectivity index (χ1) is 13.0. The van der Waals surface area contributed by atoms with Crippen molar-refractivity contribution >= 4 is 11.8 Å². The van der Waals surface area contributed by atoms with E-state index in [1.807, 2.05) is 18.2 Å². The van der Waals surface area contributed by atoms with E-state index in [4.69, 9.17) is 0 Å². The third-order valence-electron chi connectivity index (χ3n) is 6.17. The SMILES string of the molecule is Cc1cccc(F)c1C(=O)N1CCC2(CC1)C(=O)NCC2c1ccccc1. The van der Waals surface area contributed by atoms with E-state index in [2.05, 4.69) is 17.4 Å². The van der Waals surface area contributed by atoms with Gasteiger partial charge in [0, 0.05) is 25.6 Å². The van der Waals surface area contributed by atoms with E-state index >= 15 is 0 Å². The number of nitrogens with zero attached hydrogens (tertiary/aromatic N) is 1. The molecule has 4 nitrogen and oxygen atoms in total. The molecule has 0 aromatic heterocycles. The minimum Gasteiger partial charge on any atom is -0.355 e. The van der Waals surface area contributed by atoms with Crippen molar-refractivity contribution < 1.29 is 14.0 Å². The first-order valence-electron chi connectivity index (χ1n) is 9.40. The van der Waals surface area contributed by atoms with Crippen LogP contribution in [0.5, 0.6) is 0 Å². The molecule has 1 spiro atoms. The van der Waals surface area contributed by atoms with Crippen molar-refractivity contribution in [2.24, 2.45) is 5.41 Å². The van der Waals surface area contributed by atoms with Gasteiger partial charge in [-0.3, -0.25) is 9.59 Å². The molecule has 2 aromatic carbocycles. The second kappa shape index (κ2) is 6.80. The van der Waals surface area contributed by atoms with E-state index in [9.17, 15) is 14.0 Å². The monoisotopic (exact) mass is 366 g/mol. The van der Waals surface area contributed by atoms with Crippen molar-refractivity contribution in [1.29, 1.82) is 0 Å². The number of carbonyl (C=O) groups is 2. The number of nitrogens with one attached hydrogen (secondary N) is 1. The summed E-state index contributed by atoms with van der Waals surface area (Å²) in [4.78, 5) is 27.3. The summed E-state index contributed by atoms with van der Waals surface area (Å²) in [7, 11) is 0. The van der Waals surface area contributed by atoms with Gasteiger partial charge >= 0.3 is 0 Å². The molecule has 2 aliphatic heterocycles. The summed E-state index contributed by atoms with van der Waals surface area (Å²) in [6.07, 6.45) is 1.19. The zero-order valence-corrected chi connectivity index (χ0v) is 15.4. The van der Waals surface area contributed by atoms with Gasteiger partial charge in [-0.05, 0) is 37.0 Å². The molecule has 1 unspecified atom stereocenters. The molecule has 2 aromatic rings. The molecule has 27 heavy (non-hydrogen) atoms. The summed E-state index contributed by atoms with van der Waals surface area (Å²) in [5, 5.41) is 3.02. The van der Waals surface area contributed by atoms with Crippen LogP contribution in [0.2, 0.25) is 0 Å². The molecule has 2 amide bonds. The van der Waals surface area contributed by atoms with Crippen LogP contribution in [0.4, 0.5) is 4.39 Å². The van der Waals surface area contributed by atoms with Gasteiger partial charge in [0.2, 0.25) is 5.91 Å². The van der Waals surface area contributed by atoms with Crippen LogP contribution in [0.1, 0.15) is 40.2 Å². The number of halogens is 1. The molecule has 0 aliphatic carbocycles. The quantitative estimate of drug-likeness (QED) is 0.887. The summed E-state index contributed by atoms with van der Waals surface area (Å²) >= 11 is 0. The second-order valence-electron chi connectivity index (χ2n) is 7.55. The molecule has 0 radical (unpaired) electrons. The Labute approximate surface area is 158 Å². The number of aryl methyl sites for hydroxylation is 1. The van der Waals surface area contributed by atoms with Crippen molar-refractivity contribution in [2.45, 2.75) is 25.7 Å². The van der Waals surface area contributed by atoms with Crippen molar-refractivity contribution in [3.8, 4) is 0 Å². The van der Waals surface area contributed by atoms with E-state index < -0.39 is 11.2 Å². The van der Waals surface area contributed by atoms with E-state index in [1.54, 1.807) is 24.0 Å². The predicted octanol–water partition coefficient (Wildman–Crippen LogP) is 3.27. The molecule has 0 saturated carbocycles. The van der Waals surface area contributed by atoms with Crippen LogP contribution in [0.15, 0.2) is 48.5 Å². The zero-order chi connectivity index (χ0) is 19.0. The van der Waals surface area contributed by atoms with Crippen LogP contribution in [-0.4, -0.2) is 36.3 Å². The summed E-state index contributed by atoms with van der Waals surface area (Å²) < 4.78 is 14.2. The topological polar surface area (TPSA) is 49.4 Å². The summed E-state index contributed by atoms with van der Waals surface area (Å²) in [6.45, 7) is 3.30. The fraction of sp³-hybridized carbons (Fsp3) is 0.364. The molecular formula is C22H23FN2O2. The highest BCUT2D eigenvalue weighted by Gasteiger charge is 2.52. The van der Waals surface area contributed by atoms with Gasteiger partial charge in [-0.15, -0.1) is 0 Å². The molecule has 2 saturated heterocycles. The summed E-state index contributed by atoms with van der Waals surface area (Å²) in [6, 6.07) is 14.8. The Morgan fingerprint density at radius 3 is 2.48 bits per heavy atom. The van der Waals surface area contributed by atoms with Crippen LogP contribution < -0.4 is 5.32 Å². The van der Waals surface area contributed by atoms with Gasteiger partial charge in [-0.1, -0.05) is 42.5 Å². The number of hydrogen-bond donors (Lipinski definition) is 1. The average molecular weight is 366 g/mol. The van der Waals surface area contributed by atoms with Gasteiger partial charge in [-0.2, -0.15) is 0 Å². The Kier molecular flexibility index (Phi) is 4.46. The van der Waals surface area contributed by atoms with Crippen molar-refractivity contribution in [3.63, 3.8) is 0 Å². The zero-order valence-electron chi connectivity index (χ0n) is 15.4. The maximum Gasteiger partial charge on any atom is 0.257 e. The van der Waals surface area contributed by atoms with Crippen molar-refractivity contribution in [2.75, 3.05) is 19.6 Å². The van der Waals surface area contributed by atoms with E-state index in [-0.39, 0.29) is 23.3 Å². The number of carbonyl (C=O) groups excluding carboxylic acids is 2. The lowest BCUT2D eigenvalue weighted by Crippen LogP contribution is -2.48. The second-order valence-corrected chi connectivity index (χ2v) is 7.55. The number of amides is 2. The number of piperidine rings is 1. The molecule has 2 aliphatic rings. The Morgan fingerprint density at radius 1 is 1.11 bits per heavy atom. The molecular weight excluding hydrogens is 343 g/mol. The lowest BCUT2D eigenvalue weighted by molar-refractivity contribution is -0.130. The Morgan fingerprint density at radius 2 is 1.81 bits per heavy atom. The fourth-order valence-electron chi connectivity index (χ4n) is 4.59. The Bertz CT molecular complexity index is 853. The third kappa shape index (κ3) is 2.91. The molecule has 1 N–H and O–H groups in total. The normalized spacial score (nSPS) is 21.3. The lowest BCUT2D eigenvalue weighted by atomic mass is 9.68. The van der Waals surface area contributed by atoms with Crippen LogP contribution in [0.25, 0.3) is 0 Å². The van der Waals surface area contributed by atoms with Gasteiger partial charge in [0.05, 0.1) is 11.0 Å². The Balaban J connectivity index is 1.55. The highest BCUT2D eigenvalue weighted by Crippen LogP contribution is 2.47. The highest BCUT2D eigenvalue weighted by atomic mass is 19.1. The number of hydrogen-bond acceptors (Lipinski definition) is 2. The first kappa shape index (κ1) is 17.7.